The van der Waals surface area contributed by atoms with Crippen LogP contribution in [0.1, 0.15) is 23.3 Å². The third kappa shape index (κ3) is 3.12. The van der Waals surface area contributed by atoms with Crippen LogP contribution in [0, 0.1) is 5.41 Å². The maximum absolute atomic E-state index is 7.48. The Morgan fingerprint density at radius 3 is 2.89 bits per heavy atom. The van der Waals surface area contributed by atoms with Crippen LogP contribution in [-0.2, 0) is 6.42 Å². The number of aryl methyl sites for hydroxylation is 1. The summed E-state index contributed by atoms with van der Waals surface area (Å²) in [5.41, 5.74) is 6.87. The van der Waals surface area contributed by atoms with Crippen molar-refractivity contribution >= 4 is 39.7 Å². The fraction of sp³-hybridized carbons (Fsp3) is 0.214. The molecule has 2 nitrogen and oxygen atoms in total. The zero-order valence-electron chi connectivity index (χ0n) is 10.1. The number of halogens is 1. The van der Waals surface area contributed by atoms with Gasteiger partial charge in [0.15, 0.2) is 0 Å². The molecule has 4 heteroatoms. The van der Waals surface area contributed by atoms with Gasteiger partial charge in [0, 0.05) is 4.70 Å². The third-order valence-corrected chi connectivity index (χ3v) is 3.91. The van der Waals surface area contributed by atoms with Gasteiger partial charge in [-0.25, -0.2) is 0 Å². The Morgan fingerprint density at radius 2 is 2.22 bits per heavy atom. The molecular weight excluding hydrogens is 264 g/mol. The Labute approximate surface area is 117 Å². The van der Waals surface area contributed by atoms with Gasteiger partial charge in [-0.3, -0.25) is 5.41 Å². The van der Waals surface area contributed by atoms with E-state index < -0.39 is 0 Å². The Bertz CT molecular complexity index is 560. The number of nitrogen functional groups attached to an aromatic ring is 1. The molecule has 1 heterocycles. The van der Waals surface area contributed by atoms with Crippen molar-refractivity contribution < 1.29 is 0 Å². The molecule has 1 aromatic carbocycles. The average molecular weight is 281 g/mol. The molecule has 3 N–H and O–H groups in total. The summed E-state index contributed by atoms with van der Waals surface area (Å²) >= 11 is 1.59. The molecule has 0 unspecified atom stereocenters. The van der Waals surface area contributed by atoms with E-state index in [1.165, 1.54) is 15.6 Å². The van der Waals surface area contributed by atoms with Crippen molar-refractivity contribution in [2.75, 3.05) is 0 Å². The van der Waals surface area contributed by atoms with E-state index in [1.54, 1.807) is 11.3 Å². The Hall–Kier alpha value is -1.32. The summed E-state index contributed by atoms with van der Waals surface area (Å²) in [7, 11) is 0. The topological polar surface area (TPSA) is 49.9 Å². The molecule has 96 valence electrons. The summed E-state index contributed by atoms with van der Waals surface area (Å²) in [6.45, 7) is 3.74. The monoisotopic (exact) mass is 280 g/mol. The van der Waals surface area contributed by atoms with Crippen molar-refractivity contribution in [3.8, 4) is 0 Å². The number of rotatable bonds is 5. The predicted octanol–water partition coefficient (Wildman–Crippen LogP) is 4.12. The van der Waals surface area contributed by atoms with Gasteiger partial charge in [-0.2, -0.15) is 0 Å². The zero-order valence-corrected chi connectivity index (χ0v) is 11.7. The second kappa shape index (κ2) is 6.57. The summed E-state index contributed by atoms with van der Waals surface area (Å²) < 4.78 is 1.21. The number of thiophene rings is 1. The molecule has 2 rings (SSSR count). The molecule has 0 fully saturated rings. The number of nitrogens with one attached hydrogen (secondary N) is 1. The normalized spacial score (nSPS) is 10.0. The van der Waals surface area contributed by atoms with Crippen LogP contribution in [0.4, 0.5) is 0 Å². The minimum Gasteiger partial charge on any atom is -0.383 e. The lowest BCUT2D eigenvalue weighted by atomic mass is 10.0. The van der Waals surface area contributed by atoms with Gasteiger partial charge in [0.2, 0.25) is 0 Å². The van der Waals surface area contributed by atoms with Crippen molar-refractivity contribution in [2.24, 2.45) is 5.73 Å². The molecule has 0 saturated carbocycles. The van der Waals surface area contributed by atoms with Crippen LogP contribution in [0.2, 0.25) is 0 Å². The largest absolute Gasteiger partial charge is 0.383 e. The molecule has 0 aliphatic rings. The van der Waals surface area contributed by atoms with Crippen LogP contribution in [-0.4, -0.2) is 5.84 Å². The predicted molar refractivity (Wildman–Crippen MR) is 83.2 cm³/mol. The van der Waals surface area contributed by atoms with Gasteiger partial charge in [-0.05, 0) is 42.3 Å². The average Bonchev–Trinajstić information content (AvgIpc) is 2.74. The standard InChI is InChI=1S/C14H16N2S.ClH/c1-2-3-4-6-10-7-5-8-12-11(10)9-13(17-12)14(15)16;/h2,5,7-9H,1,3-4,6H2,(H3,15,16);1H. The van der Waals surface area contributed by atoms with E-state index in [0.717, 1.165) is 24.1 Å². The Morgan fingerprint density at radius 1 is 1.44 bits per heavy atom. The number of hydrogen-bond acceptors (Lipinski definition) is 2. The third-order valence-electron chi connectivity index (χ3n) is 2.77. The van der Waals surface area contributed by atoms with Gasteiger partial charge in [0.1, 0.15) is 5.84 Å². The molecular formula is C14H17ClN2S. The number of benzene rings is 1. The van der Waals surface area contributed by atoms with Crippen molar-refractivity contribution in [1.82, 2.24) is 0 Å². The lowest BCUT2D eigenvalue weighted by molar-refractivity contribution is 0.849. The highest BCUT2D eigenvalue weighted by Gasteiger charge is 2.07. The first-order valence-electron chi connectivity index (χ1n) is 5.69. The quantitative estimate of drug-likeness (QED) is 0.368. The number of nitrogens with two attached hydrogens (primary N) is 1. The first-order valence-corrected chi connectivity index (χ1v) is 6.50. The molecule has 0 aliphatic carbocycles. The molecule has 0 bridgehead atoms. The van der Waals surface area contributed by atoms with E-state index in [1.807, 2.05) is 12.1 Å². The number of fused-ring (bicyclic) bond motifs is 1. The lowest BCUT2D eigenvalue weighted by Gasteiger charge is -2.01. The first kappa shape index (κ1) is 14.7. The summed E-state index contributed by atoms with van der Waals surface area (Å²) in [6.07, 6.45) is 5.17. The summed E-state index contributed by atoms with van der Waals surface area (Å²) in [6, 6.07) is 8.35. The smallest absolute Gasteiger partial charge is 0.133 e. The van der Waals surface area contributed by atoms with Crippen LogP contribution >= 0.6 is 23.7 Å². The molecule has 2 aromatic rings. The molecule has 0 amide bonds. The van der Waals surface area contributed by atoms with Gasteiger partial charge >= 0.3 is 0 Å². The fourth-order valence-corrected chi connectivity index (χ4v) is 2.88. The van der Waals surface area contributed by atoms with Crippen LogP contribution < -0.4 is 5.73 Å². The van der Waals surface area contributed by atoms with Crippen molar-refractivity contribution in [2.45, 2.75) is 19.3 Å². The second-order valence-electron chi connectivity index (χ2n) is 4.03. The summed E-state index contributed by atoms with van der Waals surface area (Å²) in [5, 5.41) is 8.72. The number of unbranched alkanes of at least 4 members (excludes halogenated alkanes) is 1. The zero-order chi connectivity index (χ0) is 12.3. The number of hydrogen-bond donors (Lipinski definition) is 2. The fourth-order valence-electron chi connectivity index (χ4n) is 1.91. The molecule has 0 spiro atoms. The molecule has 0 atom stereocenters. The number of amidine groups is 1. The number of allylic oxidation sites excluding steroid dienone is 1. The maximum atomic E-state index is 7.48. The highest BCUT2D eigenvalue weighted by Crippen LogP contribution is 2.28. The highest BCUT2D eigenvalue weighted by atomic mass is 35.5. The van der Waals surface area contributed by atoms with Crippen LogP contribution in [0.3, 0.4) is 0 Å². The maximum Gasteiger partial charge on any atom is 0.133 e. The van der Waals surface area contributed by atoms with Crippen molar-refractivity contribution in [3.05, 3.63) is 47.4 Å². The minimum atomic E-state index is 0. The van der Waals surface area contributed by atoms with Gasteiger partial charge in [0.25, 0.3) is 0 Å². The van der Waals surface area contributed by atoms with Crippen molar-refractivity contribution in [3.63, 3.8) is 0 Å². The van der Waals surface area contributed by atoms with Crippen LogP contribution in [0.25, 0.3) is 10.1 Å². The summed E-state index contributed by atoms with van der Waals surface area (Å²) in [5.74, 6) is 0.156. The SMILES string of the molecule is C=CCCCc1cccc2sc(C(=N)N)cc12.Cl. The van der Waals surface area contributed by atoms with Gasteiger partial charge in [-0.1, -0.05) is 18.2 Å². The van der Waals surface area contributed by atoms with Crippen molar-refractivity contribution in [1.29, 1.82) is 5.41 Å². The minimum absolute atomic E-state index is 0. The first-order chi connectivity index (χ1) is 8.22. The molecule has 0 radical (unpaired) electrons. The molecule has 0 saturated heterocycles. The van der Waals surface area contributed by atoms with E-state index >= 15 is 0 Å². The summed E-state index contributed by atoms with van der Waals surface area (Å²) in [4.78, 5) is 0.858. The van der Waals surface area contributed by atoms with Crippen LogP contribution in [0.5, 0.6) is 0 Å². The second-order valence-corrected chi connectivity index (χ2v) is 5.12. The van der Waals surface area contributed by atoms with Gasteiger partial charge in [0.05, 0.1) is 4.88 Å². The van der Waals surface area contributed by atoms with E-state index in [4.69, 9.17) is 11.1 Å². The van der Waals surface area contributed by atoms with E-state index in [0.29, 0.717) is 0 Å². The van der Waals surface area contributed by atoms with Crippen LogP contribution in [0.15, 0.2) is 36.9 Å². The van der Waals surface area contributed by atoms with E-state index in [2.05, 4.69) is 24.8 Å². The van der Waals surface area contributed by atoms with E-state index in [9.17, 15) is 0 Å². The highest BCUT2D eigenvalue weighted by molar-refractivity contribution is 7.20. The van der Waals surface area contributed by atoms with E-state index in [-0.39, 0.29) is 18.2 Å². The lowest BCUT2D eigenvalue weighted by Crippen LogP contribution is -2.08. The molecule has 18 heavy (non-hydrogen) atoms. The molecule has 0 aliphatic heterocycles. The van der Waals surface area contributed by atoms with Gasteiger partial charge in [-0.15, -0.1) is 30.3 Å². The van der Waals surface area contributed by atoms with Gasteiger partial charge < -0.3 is 5.73 Å². The molecule has 1 aromatic heterocycles. The Balaban J connectivity index is 0.00000162. The Kier molecular flexibility index (Phi) is 5.38.